The first-order valence-corrected chi connectivity index (χ1v) is 8.51. The Labute approximate surface area is 144 Å². The highest BCUT2D eigenvalue weighted by molar-refractivity contribution is 8.00. The van der Waals surface area contributed by atoms with Gasteiger partial charge in [-0.15, -0.1) is 10.2 Å². The SMILES string of the molecule is CCC(Sc1nnc(-c2ccoc2C)n1-c1ccccc1)C(N)=O. The van der Waals surface area contributed by atoms with Gasteiger partial charge in [0.2, 0.25) is 5.91 Å². The molecule has 0 spiro atoms. The number of carbonyl (C=O) groups is 1. The van der Waals surface area contributed by atoms with E-state index < -0.39 is 0 Å². The Balaban J connectivity index is 2.12. The van der Waals surface area contributed by atoms with Crippen molar-refractivity contribution in [2.75, 3.05) is 0 Å². The smallest absolute Gasteiger partial charge is 0.231 e. The summed E-state index contributed by atoms with van der Waals surface area (Å²) in [4.78, 5) is 11.6. The zero-order chi connectivity index (χ0) is 17.1. The number of aromatic nitrogens is 3. The Morgan fingerprint density at radius 2 is 2.04 bits per heavy atom. The molecule has 1 unspecified atom stereocenters. The van der Waals surface area contributed by atoms with Crippen molar-refractivity contribution in [1.29, 1.82) is 0 Å². The first-order chi connectivity index (χ1) is 11.6. The molecule has 1 amide bonds. The number of furan rings is 1. The Morgan fingerprint density at radius 1 is 1.29 bits per heavy atom. The van der Waals surface area contributed by atoms with Crippen LogP contribution in [0, 0.1) is 6.92 Å². The number of aryl methyl sites for hydroxylation is 1. The molecule has 24 heavy (non-hydrogen) atoms. The molecule has 3 aromatic rings. The van der Waals surface area contributed by atoms with Crippen LogP contribution >= 0.6 is 11.8 Å². The van der Waals surface area contributed by atoms with E-state index in [-0.39, 0.29) is 11.2 Å². The van der Waals surface area contributed by atoms with Gasteiger partial charge in [-0.2, -0.15) is 0 Å². The first-order valence-electron chi connectivity index (χ1n) is 7.63. The van der Waals surface area contributed by atoms with E-state index >= 15 is 0 Å². The Bertz CT molecular complexity index is 841. The van der Waals surface area contributed by atoms with Crippen molar-refractivity contribution < 1.29 is 9.21 Å². The maximum Gasteiger partial charge on any atom is 0.231 e. The fourth-order valence-corrected chi connectivity index (χ4v) is 3.34. The predicted molar refractivity (Wildman–Crippen MR) is 92.9 cm³/mol. The van der Waals surface area contributed by atoms with Crippen molar-refractivity contribution in [2.45, 2.75) is 30.7 Å². The van der Waals surface area contributed by atoms with Crippen molar-refractivity contribution in [3.05, 3.63) is 48.4 Å². The van der Waals surface area contributed by atoms with Crippen LogP contribution in [0.1, 0.15) is 19.1 Å². The van der Waals surface area contributed by atoms with Crippen molar-refractivity contribution >= 4 is 17.7 Å². The lowest BCUT2D eigenvalue weighted by molar-refractivity contribution is -0.117. The molecule has 0 radical (unpaired) electrons. The molecule has 0 aliphatic heterocycles. The van der Waals surface area contributed by atoms with Gasteiger partial charge in [0, 0.05) is 5.69 Å². The van der Waals surface area contributed by atoms with Crippen LogP contribution in [0.15, 0.2) is 52.2 Å². The van der Waals surface area contributed by atoms with Crippen LogP contribution in [0.25, 0.3) is 17.1 Å². The van der Waals surface area contributed by atoms with E-state index in [1.54, 1.807) is 6.26 Å². The second-order valence-corrected chi connectivity index (χ2v) is 6.45. The zero-order valence-corrected chi connectivity index (χ0v) is 14.3. The van der Waals surface area contributed by atoms with Gasteiger partial charge in [-0.05, 0) is 31.5 Å². The number of nitrogens with zero attached hydrogens (tertiary/aromatic N) is 3. The van der Waals surface area contributed by atoms with Crippen LogP contribution in [0.4, 0.5) is 0 Å². The summed E-state index contributed by atoms with van der Waals surface area (Å²) in [5, 5.41) is 8.88. The molecule has 2 N–H and O–H groups in total. The molecule has 0 saturated carbocycles. The average Bonchev–Trinajstić information content (AvgIpc) is 3.18. The summed E-state index contributed by atoms with van der Waals surface area (Å²) in [7, 11) is 0. The quantitative estimate of drug-likeness (QED) is 0.695. The molecule has 0 fully saturated rings. The lowest BCUT2D eigenvalue weighted by Gasteiger charge is -2.13. The van der Waals surface area contributed by atoms with E-state index in [1.165, 1.54) is 11.8 Å². The van der Waals surface area contributed by atoms with Crippen LogP contribution in [-0.2, 0) is 4.79 Å². The highest BCUT2D eigenvalue weighted by Crippen LogP contribution is 2.32. The largest absolute Gasteiger partial charge is 0.469 e. The van der Waals surface area contributed by atoms with Gasteiger partial charge in [0.25, 0.3) is 0 Å². The van der Waals surface area contributed by atoms with E-state index in [2.05, 4.69) is 10.2 Å². The summed E-state index contributed by atoms with van der Waals surface area (Å²) in [6.07, 6.45) is 2.25. The number of carbonyl (C=O) groups excluding carboxylic acids is 1. The molecule has 6 nitrogen and oxygen atoms in total. The first kappa shape index (κ1) is 16.3. The maximum absolute atomic E-state index is 11.6. The number of benzene rings is 1. The predicted octanol–water partition coefficient (Wildman–Crippen LogP) is 3.19. The lowest BCUT2D eigenvalue weighted by atomic mass is 10.2. The van der Waals surface area contributed by atoms with E-state index in [4.69, 9.17) is 10.2 Å². The van der Waals surface area contributed by atoms with Crippen LogP contribution in [0.3, 0.4) is 0 Å². The second kappa shape index (κ2) is 6.92. The van der Waals surface area contributed by atoms with Crippen LogP contribution in [-0.4, -0.2) is 25.9 Å². The Hall–Kier alpha value is -2.54. The number of nitrogens with two attached hydrogens (primary N) is 1. The second-order valence-electron chi connectivity index (χ2n) is 5.28. The molecule has 0 aliphatic carbocycles. The molecule has 124 valence electrons. The summed E-state index contributed by atoms with van der Waals surface area (Å²) in [6, 6.07) is 11.6. The van der Waals surface area contributed by atoms with Crippen LogP contribution in [0.5, 0.6) is 0 Å². The van der Waals surface area contributed by atoms with E-state index in [0.717, 1.165) is 17.0 Å². The summed E-state index contributed by atoms with van der Waals surface area (Å²) >= 11 is 1.33. The molecule has 2 heterocycles. The number of rotatable bonds is 6. The van der Waals surface area contributed by atoms with Crippen molar-refractivity contribution in [3.8, 4) is 17.1 Å². The number of hydrogen-bond donors (Lipinski definition) is 1. The fraction of sp³-hybridized carbons (Fsp3) is 0.235. The van der Waals surface area contributed by atoms with Crippen molar-refractivity contribution in [2.24, 2.45) is 5.73 Å². The molecule has 1 aromatic carbocycles. The van der Waals surface area contributed by atoms with Gasteiger partial charge in [0.1, 0.15) is 5.76 Å². The van der Waals surface area contributed by atoms with Gasteiger partial charge in [-0.3, -0.25) is 9.36 Å². The van der Waals surface area contributed by atoms with E-state index in [9.17, 15) is 4.79 Å². The van der Waals surface area contributed by atoms with Gasteiger partial charge in [-0.25, -0.2) is 0 Å². The Morgan fingerprint density at radius 3 is 2.62 bits per heavy atom. The minimum Gasteiger partial charge on any atom is -0.469 e. The minimum absolute atomic E-state index is 0.352. The third-order valence-electron chi connectivity index (χ3n) is 3.68. The van der Waals surface area contributed by atoms with Gasteiger partial charge in [0.15, 0.2) is 11.0 Å². The average molecular weight is 342 g/mol. The summed E-state index contributed by atoms with van der Waals surface area (Å²) in [6.45, 7) is 3.80. The number of thioether (sulfide) groups is 1. The van der Waals surface area contributed by atoms with E-state index in [0.29, 0.717) is 17.4 Å². The highest BCUT2D eigenvalue weighted by Gasteiger charge is 2.23. The maximum atomic E-state index is 11.6. The number of primary amides is 1. The van der Waals surface area contributed by atoms with Gasteiger partial charge < -0.3 is 10.2 Å². The van der Waals surface area contributed by atoms with Crippen molar-refractivity contribution in [3.63, 3.8) is 0 Å². The lowest BCUT2D eigenvalue weighted by Crippen LogP contribution is -2.25. The van der Waals surface area contributed by atoms with E-state index in [1.807, 2.05) is 54.8 Å². The number of para-hydroxylation sites is 1. The molecule has 3 rings (SSSR count). The molecule has 0 saturated heterocycles. The molecule has 1 atom stereocenters. The molecule has 7 heteroatoms. The third kappa shape index (κ3) is 3.07. The minimum atomic E-state index is -0.355. The van der Waals surface area contributed by atoms with Gasteiger partial charge in [0.05, 0.1) is 17.1 Å². The molecule has 0 bridgehead atoms. The number of amides is 1. The van der Waals surface area contributed by atoms with Crippen molar-refractivity contribution in [1.82, 2.24) is 14.8 Å². The van der Waals surface area contributed by atoms with Gasteiger partial charge in [-0.1, -0.05) is 36.9 Å². The third-order valence-corrected chi connectivity index (χ3v) is 5.01. The highest BCUT2D eigenvalue weighted by atomic mass is 32.2. The van der Waals surface area contributed by atoms with Gasteiger partial charge >= 0.3 is 0 Å². The summed E-state index contributed by atoms with van der Waals surface area (Å²) in [5.41, 5.74) is 7.26. The fourth-order valence-electron chi connectivity index (χ4n) is 2.42. The zero-order valence-electron chi connectivity index (χ0n) is 13.5. The topological polar surface area (TPSA) is 86.9 Å². The monoisotopic (exact) mass is 342 g/mol. The summed E-state index contributed by atoms with van der Waals surface area (Å²) in [5.74, 6) is 1.08. The Kier molecular flexibility index (Phi) is 4.71. The van der Waals surface area contributed by atoms with Crippen LogP contribution in [0.2, 0.25) is 0 Å². The number of hydrogen-bond acceptors (Lipinski definition) is 5. The normalized spacial score (nSPS) is 12.2. The molecule has 0 aliphatic rings. The molecule has 2 aromatic heterocycles. The molecular weight excluding hydrogens is 324 g/mol. The van der Waals surface area contributed by atoms with Crippen LogP contribution < -0.4 is 5.73 Å². The molecular formula is C17H18N4O2S. The summed E-state index contributed by atoms with van der Waals surface area (Å²) < 4.78 is 7.32. The standard InChI is InChI=1S/C17H18N4O2S/c1-3-14(15(18)22)24-17-20-19-16(13-9-10-23-11(13)2)21(17)12-7-5-4-6-8-12/h4-10,14H,3H2,1-2H3,(H2,18,22).